The fraction of sp³-hybridized carbons (Fsp3) is 0.0870. The molecule has 28 heavy (non-hydrogen) atoms. The molecular formula is C23H20ClN3O. The number of nitrogens with zero attached hydrogens (tertiary/aromatic N) is 2. The molecule has 0 saturated carbocycles. The maximum absolute atomic E-state index is 6.49. The van der Waals surface area contributed by atoms with Crippen molar-refractivity contribution in [3.05, 3.63) is 89.6 Å². The summed E-state index contributed by atoms with van der Waals surface area (Å²) < 4.78 is 7.50. The molecule has 140 valence electrons. The van der Waals surface area contributed by atoms with E-state index in [9.17, 15) is 0 Å². The van der Waals surface area contributed by atoms with Gasteiger partial charge in [0.25, 0.3) is 0 Å². The maximum Gasteiger partial charge on any atom is 0.123 e. The summed E-state index contributed by atoms with van der Waals surface area (Å²) in [6, 6.07) is 25.8. The van der Waals surface area contributed by atoms with Crippen LogP contribution in [0.3, 0.4) is 0 Å². The van der Waals surface area contributed by atoms with Crippen molar-refractivity contribution in [1.29, 1.82) is 0 Å². The van der Waals surface area contributed by atoms with Crippen molar-refractivity contribution >= 4 is 17.4 Å². The highest BCUT2D eigenvalue weighted by atomic mass is 35.5. The molecule has 0 spiro atoms. The SMILES string of the molecule is COc1ccc(-c2ccc(-c3ccccc3Cl)n2Cc2cccc(N)n2)cc1. The highest BCUT2D eigenvalue weighted by Gasteiger charge is 2.15. The molecule has 4 nitrogen and oxygen atoms in total. The third-order valence-corrected chi connectivity index (χ3v) is 4.99. The van der Waals surface area contributed by atoms with Gasteiger partial charge in [0.05, 0.1) is 25.0 Å². The smallest absolute Gasteiger partial charge is 0.123 e. The highest BCUT2D eigenvalue weighted by Crippen LogP contribution is 2.34. The average Bonchev–Trinajstić information content (AvgIpc) is 3.11. The monoisotopic (exact) mass is 389 g/mol. The van der Waals surface area contributed by atoms with Crippen molar-refractivity contribution < 1.29 is 4.74 Å². The zero-order chi connectivity index (χ0) is 19.5. The van der Waals surface area contributed by atoms with E-state index in [1.807, 2.05) is 60.7 Å². The molecule has 2 heterocycles. The van der Waals surface area contributed by atoms with E-state index in [2.05, 4.69) is 21.7 Å². The molecule has 0 aliphatic carbocycles. The number of hydrogen-bond acceptors (Lipinski definition) is 3. The van der Waals surface area contributed by atoms with Gasteiger partial charge in [-0.3, -0.25) is 0 Å². The summed E-state index contributed by atoms with van der Waals surface area (Å²) in [5, 5.41) is 0.712. The first-order valence-corrected chi connectivity index (χ1v) is 9.34. The number of methoxy groups -OCH3 is 1. The first-order chi connectivity index (χ1) is 13.7. The minimum Gasteiger partial charge on any atom is -0.497 e. The molecule has 2 aromatic heterocycles. The Balaban J connectivity index is 1.85. The molecule has 2 aromatic carbocycles. The van der Waals surface area contributed by atoms with Crippen LogP contribution >= 0.6 is 11.6 Å². The lowest BCUT2D eigenvalue weighted by molar-refractivity contribution is 0.415. The number of aromatic nitrogens is 2. The standard InChI is InChI=1S/C23H20ClN3O/c1-28-18-11-9-16(10-12-18)21-13-14-22(19-6-2-3-7-20(19)24)27(21)15-17-5-4-8-23(25)26-17/h2-14H,15H2,1H3,(H2,25,26). The number of anilines is 1. The molecular weight excluding hydrogens is 370 g/mol. The maximum atomic E-state index is 6.49. The van der Waals surface area contributed by atoms with Crippen molar-refractivity contribution in [3.8, 4) is 28.3 Å². The van der Waals surface area contributed by atoms with Crippen molar-refractivity contribution in [3.63, 3.8) is 0 Å². The van der Waals surface area contributed by atoms with Gasteiger partial charge >= 0.3 is 0 Å². The number of benzene rings is 2. The number of nitrogen functional groups attached to an aromatic ring is 1. The van der Waals surface area contributed by atoms with Gasteiger partial charge in [0, 0.05) is 16.3 Å². The Labute approximate surface area is 169 Å². The fourth-order valence-electron chi connectivity index (χ4n) is 3.30. The van der Waals surface area contributed by atoms with Crippen molar-refractivity contribution in [1.82, 2.24) is 9.55 Å². The van der Waals surface area contributed by atoms with Crippen LogP contribution in [0.2, 0.25) is 5.02 Å². The number of halogens is 1. The van der Waals surface area contributed by atoms with E-state index in [4.69, 9.17) is 22.1 Å². The molecule has 2 N–H and O–H groups in total. The lowest BCUT2D eigenvalue weighted by Crippen LogP contribution is -2.06. The molecule has 0 saturated heterocycles. The number of rotatable bonds is 5. The van der Waals surface area contributed by atoms with E-state index >= 15 is 0 Å². The molecule has 0 amide bonds. The Morgan fingerprint density at radius 3 is 2.36 bits per heavy atom. The number of hydrogen-bond donors (Lipinski definition) is 1. The third-order valence-electron chi connectivity index (χ3n) is 4.66. The molecule has 4 rings (SSSR count). The molecule has 0 aliphatic rings. The van der Waals surface area contributed by atoms with Crippen LogP contribution < -0.4 is 10.5 Å². The number of ether oxygens (including phenoxy) is 1. The van der Waals surface area contributed by atoms with Gasteiger partial charge in [-0.1, -0.05) is 35.9 Å². The summed E-state index contributed by atoms with van der Waals surface area (Å²) in [6.07, 6.45) is 0. The van der Waals surface area contributed by atoms with Crippen molar-refractivity contribution in [2.24, 2.45) is 0 Å². The summed E-state index contributed by atoms with van der Waals surface area (Å²) in [5.74, 6) is 1.33. The second-order valence-corrected chi connectivity index (χ2v) is 6.86. The first-order valence-electron chi connectivity index (χ1n) is 8.96. The lowest BCUT2D eigenvalue weighted by atomic mass is 10.1. The molecule has 4 aromatic rings. The third kappa shape index (κ3) is 3.59. The van der Waals surface area contributed by atoms with Crippen LogP contribution in [-0.2, 0) is 6.54 Å². The summed E-state index contributed by atoms with van der Waals surface area (Å²) in [6.45, 7) is 0.583. The predicted molar refractivity (Wildman–Crippen MR) is 115 cm³/mol. The van der Waals surface area contributed by atoms with E-state index in [-0.39, 0.29) is 0 Å². The average molecular weight is 390 g/mol. The van der Waals surface area contributed by atoms with Crippen LogP contribution in [0, 0.1) is 0 Å². The molecule has 0 atom stereocenters. The summed E-state index contributed by atoms with van der Waals surface area (Å²) in [4.78, 5) is 4.47. The first kappa shape index (κ1) is 18.1. The largest absolute Gasteiger partial charge is 0.497 e. The number of pyridine rings is 1. The topological polar surface area (TPSA) is 53.1 Å². The minimum absolute atomic E-state index is 0.509. The Bertz CT molecular complexity index is 1100. The van der Waals surface area contributed by atoms with Crippen molar-refractivity contribution in [2.45, 2.75) is 6.54 Å². The summed E-state index contributed by atoms with van der Waals surface area (Å²) in [5.41, 5.74) is 10.9. The fourth-order valence-corrected chi connectivity index (χ4v) is 3.54. The lowest BCUT2D eigenvalue weighted by Gasteiger charge is -2.15. The summed E-state index contributed by atoms with van der Waals surface area (Å²) in [7, 11) is 1.67. The Morgan fingerprint density at radius 1 is 0.893 bits per heavy atom. The Morgan fingerprint density at radius 2 is 1.64 bits per heavy atom. The van der Waals surface area contributed by atoms with Gasteiger partial charge in [0.15, 0.2) is 0 Å². The van der Waals surface area contributed by atoms with Gasteiger partial charge in [-0.25, -0.2) is 4.98 Å². The van der Waals surface area contributed by atoms with Crippen LogP contribution in [0.25, 0.3) is 22.5 Å². The predicted octanol–water partition coefficient (Wildman–Crippen LogP) is 5.51. The molecule has 5 heteroatoms. The van der Waals surface area contributed by atoms with Gasteiger partial charge in [-0.2, -0.15) is 0 Å². The van der Waals surface area contributed by atoms with Crippen LogP contribution in [-0.4, -0.2) is 16.7 Å². The Hall–Kier alpha value is -3.24. The Kier molecular flexibility index (Phi) is 5.04. The second-order valence-electron chi connectivity index (χ2n) is 6.45. The number of nitrogens with two attached hydrogens (primary N) is 1. The van der Waals surface area contributed by atoms with Gasteiger partial charge in [0.2, 0.25) is 0 Å². The minimum atomic E-state index is 0.509. The summed E-state index contributed by atoms with van der Waals surface area (Å²) >= 11 is 6.49. The van der Waals surface area contributed by atoms with Gasteiger partial charge in [-0.15, -0.1) is 0 Å². The second kappa shape index (κ2) is 7.79. The molecule has 0 unspecified atom stereocenters. The zero-order valence-corrected chi connectivity index (χ0v) is 16.2. The van der Waals surface area contributed by atoms with E-state index < -0.39 is 0 Å². The normalized spacial score (nSPS) is 10.8. The van der Waals surface area contributed by atoms with Gasteiger partial charge < -0.3 is 15.0 Å². The van der Waals surface area contributed by atoms with Crippen LogP contribution in [0.5, 0.6) is 5.75 Å². The quantitative estimate of drug-likeness (QED) is 0.489. The molecule has 0 bridgehead atoms. The van der Waals surface area contributed by atoms with Gasteiger partial charge in [-0.05, 0) is 60.2 Å². The van der Waals surface area contributed by atoms with Crippen LogP contribution in [0.4, 0.5) is 5.82 Å². The van der Waals surface area contributed by atoms with E-state index in [0.717, 1.165) is 34.0 Å². The van der Waals surface area contributed by atoms with E-state index in [1.54, 1.807) is 13.2 Å². The zero-order valence-electron chi connectivity index (χ0n) is 15.5. The van der Waals surface area contributed by atoms with E-state index in [0.29, 0.717) is 17.4 Å². The van der Waals surface area contributed by atoms with Gasteiger partial charge in [0.1, 0.15) is 11.6 Å². The van der Waals surface area contributed by atoms with Crippen LogP contribution in [0.15, 0.2) is 78.9 Å². The van der Waals surface area contributed by atoms with Crippen molar-refractivity contribution in [2.75, 3.05) is 12.8 Å². The molecule has 0 aliphatic heterocycles. The van der Waals surface area contributed by atoms with Crippen LogP contribution in [0.1, 0.15) is 5.69 Å². The molecule has 0 fully saturated rings. The highest BCUT2D eigenvalue weighted by molar-refractivity contribution is 6.33. The molecule has 0 radical (unpaired) electrons. The van der Waals surface area contributed by atoms with E-state index in [1.165, 1.54) is 0 Å².